The van der Waals surface area contributed by atoms with E-state index in [-0.39, 0.29) is 17.6 Å². The van der Waals surface area contributed by atoms with Crippen LogP contribution in [0.15, 0.2) is 65.1 Å². The largest absolute Gasteiger partial charge is 0.309 e. The lowest BCUT2D eigenvalue weighted by Crippen LogP contribution is -2.22. The maximum atomic E-state index is 12.2. The van der Waals surface area contributed by atoms with Crippen molar-refractivity contribution in [2.75, 3.05) is 11.2 Å². The molecule has 148 valence electrons. The molecule has 29 heavy (non-hydrogen) atoms. The van der Waals surface area contributed by atoms with E-state index >= 15 is 0 Å². The Balaban J connectivity index is 1.74. The fourth-order valence-electron chi connectivity index (χ4n) is 3.13. The average Bonchev–Trinajstić information content (AvgIpc) is 3.28. The Morgan fingerprint density at radius 3 is 2.45 bits per heavy atom. The summed E-state index contributed by atoms with van der Waals surface area (Å²) in [4.78, 5) is 22.6. The van der Waals surface area contributed by atoms with Crippen LogP contribution in [0.3, 0.4) is 0 Å². The smallest absolute Gasteiger partial charge is 0.230 e. The molecule has 4 aromatic rings. The molecule has 2 aromatic heterocycles. The van der Waals surface area contributed by atoms with Gasteiger partial charge in [-0.25, -0.2) is 18.4 Å². The van der Waals surface area contributed by atoms with Crippen molar-refractivity contribution in [2.24, 2.45) is 0 Å². The number of fused-ring (bicyclic) bond motifs is 1. The third-order valence-electron chi connectivity index (χ3n) is 4.33. The molecular formula is C20H18N4O3S2. The van der Waals surface area contributed by atoms with Crippen LogP contribution in [0.1, 0.15) is 12.6 Å². The van der Waals surface area contributed by atoms with Gasteiger partial charge in [0.2, 0.25) is 20.9 Å². The van der Waals surface area contributed by atoms with Gasteiger partial charge in [0.15, 0.2) is 5.13 Å². The molecule has 0 N–H and O–H groups in total. The topological polar surface area (TPSA) is 85.2 Å². The number of amides is 1. The summed E-state index contributed by atoms with van der Waals surface area (Å²) < 4.78 is 26.1. The number of nitrogens with zero attached hydrogens (tertiary/aromatic N) is 4. The van der Waals surface area contributed by atoms with Crippen molar-refractivity contribution in [2.45, 2.75) is 18.6 Å². The average molecular weight is 427 g/mol. The van der Waals surface area contributed by atoms with Crippen LogP contribution in [0.25, 0.3) is 11.0 Å². The zero-order valence-electron chi connectivity index (χ0n) is 15.8. The summed E-state index contributed by atoms with van der Waals surface area (Å²) in [5.41, 5.74) is 2.71. The van der Waals surface area contributed by atoms with Crippen LogP contribution in [0.5, 0.6) is 0 Å². The third-order valence-corrected chi connectivity index (χ3v) is 6.18. The highest BCUT2D eigenvalue weighted by molar-refractivity contribution is 7.90. The van der Waals surface area contributed by atoms with Gasteiger partial charge in [0.05, 0.1) is 29.0 Å². The van der Waals surface area contributed by atoms with Gasteiger partial charge in [0.1, 0.15) is 0 Å². The van der Waals surface area contributed by atoms with E-state index in [4.69, 9.17) is 0 Å². The molecule has 2 heterocycles. The number of hydrogen-bond acceptors (Lipinski definition) is 6. The summed E-state index contributed by atoms with van der Waals surface area (Å²) in [6, 6.07) is 16.5. The van der Waals surface area contributed by atoms with Gasteiger partial charge in [-0.3, -0.25) is 9.69 Å². The summed E-state index contributed by atoms with van der Waals surface area (Å²) >= 11 is 1.33. The number of rotatable bonds is 5. The van der Waals surface area contributed by atoms with Crippen LogP contribution in [0.2, 0.25) is 0 Å². The zero-order chi connectivity index (χ0) is 20.6. The number of para-hydroxylation sites is 3. The van der Waals surface area contributed by atoms with Gasteiger partial charge >= 0.3 is 0 Å². The minimum Gasteiger partial charge on any atom is -0.309 e. The van der Waals surface area contributed by atoms with Gasteiger partial charge in [-0.05, 0) is 24.3 Å². The summed E-state index contributed by atoms with van der Waals surface area (Å²) in [5, 5.41) is 2.36. The van der Waals surface area contributed by atoms with E-state index in [2.05, 4.69) is 9.97 Å². The highest BCUT2D eigenvalue weighted by Gasteiger charge is 2.22. The second-order valence-corrected chi connectivity index (χ2v) is 9.30. The molecule has 0 fully saturated rings. The molecule has 0 aliphatic rings. The number of aromatic nitrogens is 3. The predicted octanol–water partition coefficient (Wildman–Crippen LogP) is 3.63. The number of sulfone groups is 1. The number of hydrogen-bond donors (Lipinski definition) is 0. The van der Waals surface area contributed by atoms with E-state index in [9.17, 15) is 13.2 Å². The zero-order valence-corrected chi connectivity index (χ0v) is 17.4. The molecular weight excluding hydrogens is 408 g/mol. The lowest BCUT2D eigenvalue weighted by Gasteiger charge is -2.17. The minimum atomic E-state index is -3.52. The third kappa shape index (κ3) is 3.79. The van der Waals surface area contributed by atoms with Crippen molar-refractivity contribution in [1.29, 1.82) is 0 Å². The second kappa shape index (κ2) is 7.41. The van der Waals surface area contributed by atoms with Crippen LogP contribution in [0, 0.1) is 0 Å². The van der Waals surface area contributed by atoms with E-state index in [1.807, 2.05) is 53.9 Å². The van der Waals surface area contributed by atoms with Crippen LogP contribution in [0.4, 0.5) is 10.8 Å². The molecule has 2 aromatic carbocycles. The van der Waals surface area contributed by atoms with Gasteiger partial charge in [-0.1, -0.05) is 30.3 Å². The van der Waals surface area contributed by atoms with Crippen LogP contribution in [-0.4, -0.2) is 35.1 Å². The first-order valence-electron chi connectivity index (χ1n) is 8.80. The maximum absolute atomic E-state index is 12.2. The SMILES string of the molecule is CC(=O)N(c1ccccc1)c1nc(Cn2c(S(C)(=O)=O)nc3ccccc32)cs1. The van der Waals surface area contributed by atoms with Crippen molar-refractivity contribution in [3.63, 3.8) is 0 Å². The molecule has 0 saturated carbocycles. The van der Waals surface area contributed by atoms with Crippen molar-refractivity contribution in [3.05, 3.63) is 65.7 Å². The monoisotopic (exact) mass is 426 g/mol. The quantitative estimate of drug-likeness (QED) is 0.486. The summed E-state index contributed by atoms with van der Waals surface area (Å²) in [6.07, 6.45) is 1.14. The lowest BCUT2D eigenvalue weighted by molar-refractivity contribution is -0.115. The fraction of sp³-hybridized carbons (Fsp3) is 0.150. The molecule has 7 nitrogen and oxygen atoms in total. The summed E-state index contributed by atoms with van der Waals surface area (Å²) in [6.45, 7) is 1.72. The summed E-state index contributed by atoms with van der Waals surface area (Å²) in [5.74, 6) is -0.151. The van der Waals surface area contributed by atoms with Crippen molar-refractivity contribution in [1.82, 2.24) is 14.5 Å². The molecule has 0 spiro atoms. The molecule has 0 atom stereocenters. The van der Waals surface area contributed by atoms with Gasteiger partial charge < -0.3 is 4.57 Å². The standard InChI is InChI=1S/C20H18N4O3S2/c1-14(25)24(16-8-4-3-5-9-16)19-21-15(13-28-19)12-23-18-11-7-6-10-17(18)22-20(23)29(2,26)27/h3-11,13H,12H2,1-2H3. The normalized spacial score (nSPS) is 11.7. The van der Waals surface area contributed by atoms with Crippen LogP contribution >= 0.6 is 11.3 Å². The minimum absolute atomic E-state index is 0.000247. The van der Waals surface area contributed by atoms with Gasteiger partial charge in [-0.2, -0.15) is 0 Å². The van der Waals surface area contributed by atoms with E-state index in [0.29, 0.717) is 21.9 Å². The Morgan fingerprint density at radius 2 is 1.76 bits per heavy atom. The Bertz CT molecular complexity index is 1290. The number of carbonyl (C=O) groups excluding carboxylic acids is 1. The molecule has 0 saturated heterocycles. The van der Waals surface area contributed by atoms with Crippen LogP contribution < -0.4 is 4.90 Å². The van der Waals surface area contributed by atoms with Crippen molar-refractivity contribution in [3.8, 4) is 0 Å². The molecule has 9 heteroatoms. The Morgan fingerprint density at radius 1 is 1.07 bits per heavy atom. The van der Waals surface area contributed by atoms with E-state index in [1.165, 1.54) is 23.2 Å². The van der Waals surface area contributed by atoms with Gasteiger partial charge in [0.25, 0.3) is 0 Å². The number of imidazole rings is 1. The second-order valence-electron chi connectivity index (χ2n) is 6.55. The Kier molecular flexibility index (Phi) is 4.93. The number of carbonyl (C=O) groups is 1. The highest BCUT2D eigenvalue weighted by atomic mass is 32.2. The number of benzene rings is 2. The molecule has 0 unspecified atom stereocenters. The first-order chi connectivity index (χ1) is 13.8. The Labute approximate surface area is 172 Å². The first kappa shape index (κ1) is 19.3. The number of thiazole rings is 1. The van der Waals surface area contributed by atoms with Crippen LogP contribution in [-0.2, 0) is 21.2 Å². The van der Waals surface area contributed by atoms with Gasteiger partial charge in [0, 0.05) is 18.6 Å². The first-order valence-corrected chi connectivity index (χ1v) is 11.6. The van der Waals surface area contributed by atoms with Gasteiger partial charge in [-0.15, -0.1) is 11.3 Å². The molecule has 4 rings (SSSR count). The summed E-state index contributed by atoms with van der Waals surface area (Å²) in [7, 11) is -3.52. The lowest BCUT2D eigenvalue weighted by atomic mass is 10.3. The number of anilines is 2. The Hall–Kier alpha value is -3.04. The van der Waals surface area contributed by atoms with Crippen molar-refractivity contribution >= 4 is 48.9 Å². The fourth-order valence-corrected chi connectivity index (χ4v) is 4.83. The van der Waals surface area contributed by atoms with E-state index in [1.54, 1.807) is 10.6 Å². The maximum Gasteiger partial charge on any atom is 0.230 e. The highest BCUT2D eigenvalue weighted by Crippen LogP contribution is 2.30. The molecule has 0 aliphatic carbocycles. The molecule has 0 radical (unpaired) electrons. The van der Waals surface area contributed by atoms with E-state index < -0.39 is 9.84 Å². The van der Waals surface area contributed by atoms with E-state index in [0.717, 1.165) is 11.9 Å². The molecule has 0 aliphatic heterocycles. The van der Waals surface area contributed by atoms with Crippen molar-refractivity contribution < 1.29 is 13.2 Å². The molecule has 0 bridgehead atoms. The predicted molar refractivity (Wildman–Crippen MR) is 113 cm³/mol. The molecule has 1 amide bonds.